The maximum absolute atomic E-state index is 11.9. The first-order valence-electron chi connectivity index (χ1n) is 44.6. The summed E-state index contributed by atoms with van der Waals surface area (Å²) in [5.41, 5.74) is 30.6. The largest absolute Gasteiger partial charge is 0.312 e. The number of carbonyl (C=O) groups is 6. The number of amides is 6. The van der Waals surface area contributed by atoms with Crippen molar-refractivity contribution in [1.29, 1.82) is 0 Å². The van der Waals surface area contributed by atoms with E-state index in [0.29, 0.717) is 64.7 Å². The van der Waals surface area contributed by atoms with Gasteiger partial charge in [0, 0.05) is 194 Å². The number of allylic oxidation sites excluding steroid dienone is 4. The standard InChI is InChI=1S/C20H18N2O.2C19H17N3O.C19H15N3O.C17H15N3O.C14H14N2O/c23-20-7-4-12-22(20)17-10-9-16-14-21-19(18(16)13-17)11-8-15-5-2-1-3-6-15;23-19-4-2-10-22(19)16-7-6-15-13-21-18(17(15)11-16)8-5-14-3-1-9-20-12-14;23-19-2-1-11-22(19)16-5-4-15-13-21-18(17(15)12-16)6-3-14-7-9-20-10-8-14;23-19-5-3-11-22(19)16-8-6-14-13-21-18(17(14)12-16)9-7-15-4-1-2-10-20-15;21-16-2-1-9-20(16)14-4-3-13-11-19-17(15(13)10-14)12-5-7-18-8-6-12;1-2-13-12-8-11(6-5-10(12)9-15-13)16-7-3-4-14(16)17/h1-3,5-6,8-11,13H,4,7,12,14H2;1,3,5-9,11-12H,2,4,10,13H2;3-10,12H,1-2,11,13H2;1-2,4,6,8,10,12H,3,5,11,13H2;3-8,10H,1-2,9,11H2;2,5-6,8H,1,3-4,7,9H2/b11-8+;8-5+;6-3+;;;. The number of fused-ring (bicyclic) bond motifs is 6. The lowest BCUT2D eigenvalue weighted by molar-refractivity contribution is -0.117. The zero-order chi connectivity index (χ0) is 88.7. The second-order valence-electron chi connectivity index (χ2n) is 33.0. The quantitative estimate of drug-likeness (QED) is 0.0931. The summed E-state index contributed by atoms with van der Waals surface area (Å²) in [6, 6.07) is 64.9. The van der Waals surface area contributed by atoms with Gasteiger partial charge in [-0.15, -0.1) is 0 Å². The van der Waals surface area contributed by atoms with E-state index in [1.54, 1.807) is 43.3 Å². The van der Waals surface area contributed by atoms with Crippen LogP contribution in [0, 0.1) is 11.8 Å². The molecular weight excluding hydrogens is 1620 g/mol. The van der Waals surface area contributed by atoms with Crippen LogP contribution in [0.15, 0.2) is 298 Å². The molecule has 4 aromatic heterocycles. The Morgan fingerprint density at radius 2 is 0.631 bits per heavy atom. The maximum Gasteiger partial charge on any atom is 0.227 e. The highest BCUT2D eigenvalue weighted by atomic mass is 16.2. The molecule has 11 aromatic rings. The molecule has 0 aliphatic carbocycles. The van der Waals surface area contributed by atoms with E-state index in [-0.39, 0.29) is 35.4 Å². The van der Waals surface area contributed by atoms with Crippen LogP contribution >= 0.6 is 0 Å². The Hall–Kier alpha value is -15.5. The third-order valence-corrected chi connectivity index (χ3v) is 24.6. The van der Waals surface area contributed by atoms with Crippen LogP contribution in [0.3, 0.4) is 0 Å². The van der Waals surface area contributed by atoms with E-state index < -0.39 is 0 Å². The topological polar surface area (TPSA) is 248 Å². The van der Waals surface area contributed by atoms with Gasteiger partial charge in [-0.05, 0) is 240 Å². The first-order chi connectivity index (χ1) is 63.9. The number of aromatic nitrogens is 4. The smallest absolute Gasteiger partial charge is 0.227 e. The molecule has 6 saturated heterocycles. The third-order valence-electron chi connectivity index (χ3n) is 24.6. The highest BCUT2D eigenvalue weighted by Crippen LogP contribution is 2.36. The number of benzene rings is 7. The fraction of sp³-hybridized carbons (Fsp3) is 0.222. The summed E-state index contributed by atoms with van der Waals surface area (Å²) in [6.45, 7) is 12.9. The molecule has 6 fully saturated rings. The Morgan fingerprint density at radius 1 is 0.285 bits per heavy atom. The fourth-order valence-electron chi connectivity index (χ4n) is 17.7. The van der Waals surface area contributed by atoms with Crippen molar-refractivity contribution >= 4 is 122 Å². The Bertz CT molecular complexity index is 6250. The normalized spacial score (nSPS) is 17.0. The van der Waals surface area contributed by atoms with E-state index in [1.165, 1.54) is 27.8 Å². The van der Waals surface area contributed by atoms with Crippen LogP contribution in [0.2, 0.25) is 0 Å². The van der Waals surface area contributed by atoms with Crippen LogP contribution in [0.5, 0.6) is 0 Å². The lowest BCUT2D eigenvalue weighted by Crippen LogP contribution is -2.23. The summed E-state index contributed by atoms with van der Waals surface area (Å²) >= 11 is 0. The zero-order valence-corrected chi connectivity index (χ0v) is 72.3. The van der Waals surface area contributed by atoms with Gasteiger partial charge in [-0.3, -0.25) is 73.7 Å². The summed E-state index contributed by atoms with van der Waals surface area (Å²) in [5.74, 6) is 7.46. The van der Waals surface area contributed by atoms with Crippen molar-refractivity contribution in [3.05, 3.63) is 363 Å². The average molecular weight is 1710 g/mol. The molecule has 644 valence electrons. The first kappa shape index (κ1) is 85.3. The molecule has 0 radical (unpaired) electrons. The molecule has 12 aliphatic rings. The van der Waals surface area contributed by atoms with Crippen molar-refractivity contribution in [2.24, 2.45) is 30.0 Å². The average Bonchev–Trinajstić information content (AvgIpc) is 1.63. The molecular formula is C108H96N16O6. The number of hydrogen-bond acceptors (Lipinski definition) is 16. The molecule has 6 amide bonds. The highest BCUT2D eigenvalue weighted by molar-refractivity contribution is 6.19. The molecule has 22 nitrogen and oxygen atoms in total. The molecule has 7 aromatic carbocycles. The Kier molecular flexibility index (Phi) is 26.2. The minimum absolute atomic E-state index is 0.195. The zero-order valence-electron chi connectivity index (χ0n) is 72.3. The van der Waals surface area contributed by atoms with Crippen molar-refractivity contribution in [3.63, 3.8) is 0 Å². The molecule has 22 heteroatoms. The van der Waals surface area contributed by atoms with Gasteiger partial charge in [0.25, 0.3) is 0 Å². The van der Waals surface area contributed by atoms with Crippen molar-refractivity contribution < 1.29 is 28.8 Å². The summed E-state index contributed by atoms with van der Waals surface area (Å²) in [6.07, 6.45) is 36.1. The lowest BCUT2D eigenvalue weighted by Gasteiger charge is -2.17. The van der Waals surface area contributed by atoms with Crippen LogP contribution in [0.1, 0.15) is 172 Å². The number of hydrogen-bond donors (Lipinski definition) is 0. The van der Waals surface area contributed by atoms with E-state index >= 15 is 0 Å². The minimum Gasteiger partial charge on any atom is -0.312 e. The van der Waals surface area contributed by atoms with Gasteiger partial charge in [-0.1, -0.05) is 104 Å². The van der Waals surface area contributed by atoms with E-state index in [1.807, 2.05) is 175 Å². The van der Waals surface area contributed by atoms with E-state index in [9.17, 15) is 28.8 Å². The maximum atomic E-state index is 11.9. The van der Waals surface area contributed by atoms with Gasteiger partial charge < -0.3 is 29.4 Å². The summed E-state index contributed by atoms with van der Waals surface area (Å²) in [5, 5.41) is 0. The number of anilines is 6. The number of aliphatic imine (C=N–C) groups is 6. The van der Waals surface area contributed by atoms with Gasteiger partial charge in [0.15, 0.2) is 0 Å². The molecule has 0 N–H and O–H groups in total. The van der Waals surface area contributed by atoms with Crippen molar-refractivity contribution in [2.75, 3.05) is 68.7 Å². The molecule has 130 heavy (non-hydrogen) atoms. The van der Waals surface area contributed by atoms with Crippen molar-refractivity contribution in [2.45, 2.75) is 116 Å². The van der Waals surface area contributed by atoms with E-state index in [2.05, 4.69) is 159 Å². The Morgan fingerprint density at radius 3 is 1.02 bits per heavy atom. The second-order valence-corrected chi connectivity index (χ2v) is 33.0. The van der Waals surface area contributed by atoms with Gasteiger partial charge >= 0.3 is 0 Å². The Labute approximate surface area is 756 Å². The van der Waals surface area contributed by atoms with Crippen LogP contribution in [0.25, 0.3) is 18.2 Å². The minimum atomic E-state index is 0.195. The molecule has 0 saturated carbocycles. The fourth-order valence-corrected chi connectivity index (χ4v) is 17.7. The van der Waals surface area contributed by atoms with Gasteiger partial charge in [0.2, 0.25) is 35.4 Å². The molecule has 0 spiro atoms. The van der Waals surface area contributed by atoms with Crippen LogP contribution in [-0.2, 0) is 68.0 Å². The van der Waals surface area contributed by atoms with Crippen molar-refractivity contribution in [1.82, 2.24) is 19.9 Å². The predicted molar refractivity (Wildman–Crippen MR) is 516 cm³/mol. The SMILES string of the molecule is C=CC1=NCc2ccc(N3CCCC3=O)cc21.O=C1CCCN1c1ccc2c(c1)C(/C=C/c1ccccc1)=NC2.O=C1CCCN1c1ccc2c(c1)C(/C=C/c1cccnc1)=NC2.O=C1CCCN1c1ccc2c(c1)C(/C=C/c1ccncc1)=NC2.O=C1CCCN1c1ccc2c(c1)C(C#Cc1ccccn1)=NC2.O=C1CCCN1c1ccc2c(c1)C(c1ccncc1)=NC2. The van der Waals surface area contributed by atoms with Gasteiger partial charge in [0.1, 0.15) is 11.4 Å². The van der Waals surface area contributed by atoms with E-state index in [4.69, 9.17) is 0 Å². The number of rotatable bonds is 14. The van der Waals surface area contributed by atoms with Crippen LogP contribution in [0.4, 0.5) is 34.1 Å². The lowest BCUT2D eigenvalue weighted by atomic mass is 10.00. The third kappa shape index (κ3) is 19.7. The summed E-state index contributed by atoms with van der Waals surface area (Å²) < 4.78 is 0. The summed E-state index contributed by atoms with van der Waals surface area (Å²) in [7, 11) is 0. The Balaban J connectivity index is 0.000000105. The predicted octanol–water partition coefficient (Wildman–Crippen LogP) is 17.7. The molecule has 12 aliphatic heterocycles. The van der Waals surface area contributed by atoms with Crippen LogP contribution in [-0.4, -0.2) is 129 Å². The van der Waals surface area contributed by atoms with Gasteiger partial charge in [0.05, 0.1) is 67.8 Å². The molecule has 23 rings (SSSR count). The molecule has 0 unspecified atom stereocenters. The molecule has 16 heterocycles. The highest BCUT2D eigenvalue weighted by Gasteiger charge is 2.31. The first-order valence-corrected chi connectivity index (χ1v) is 44.6. The summed E-state index contributed by atoms with van der Waals surface area (Å²) in [4.78, 5) is 126. The van der Waals surface area contributed by atoms with Crippen LogP contribution < -0.4 is 29.4 Å². The van der Waals surface area contributed by atoms with Gasteiger partial charge in [-0.2, -0.15) is 0 Å². The number of nitrogens with zero attached hydrogens (tertiary/aromatic N) is 16. The number of carbonyl (C=O) groups excluding carboxylic acids is 6. The monoisotopic (exact) mass is 1710 g/mol. The van der Waals surface area contributed by atoms with Crippen molar-refractivity contribution in [3.8, 4) is 11.8 Å². The van der Waals surface area contributed by atoms with E-state index in [0.717, 1.165) is 226 Å². The second kappa shape index (κ2) is 40.0. The molecule has 0 atom stereocenters. The van der Waals surface area contributed by atoms with Gasteiger partial charge in [-0.25, -0.2) is 4.98 Å². The number of pyridine rings is 4. The molecule has 0 bridgehead atoms.